The Morgan fingerprint density at radius 2 is 1.80 bits per heavy atom. The quantitative estimate of drug-likeness (QED) is 0.733. The lowest BCUT2D eigenvalue weighted by atomic mass is 9.92. The molecular weight excluding hydrogens is 184 g/mol. The minimum atomic E-state index is -0.447. The number of nitrogens with zero attached hydrogens (tertiary/aromatic N) is 2. The lowest BCUT2D eigenvalue weighted by Gasteiger charge is -2.32. The van der Waals surface area contributed by atoms with Crippen molar-refractivity contribution in [3.8, 4) is 6.07 Å². The van der Waals surface area contributed by atoms with E-state index < -0.39 is 5.54 Å². The van der Waals surface area contributed by atoms with E-state index in [2.05, 4.69) is 11.0 Å². The number of hydrogen-bond donors (Lipinski definition) is 0. The highest BCUT2D eigenvalue weighted by molar-refractivity contribution is 5.30. The minimum Gasteiger partial charge on any atom is -0.282 e. The fourth-order valence-electron chi connectivity index (χ4n) is 2.24. The van der Waals surface area contributed by atoms with Gasteiger partial charge in [-0.25, -0.2) is 0 Å². The monoisotopic (exact) mass is 200 g/mol. The van der Waals surface area contributed by atoms with E-state index >= 15 is 0 Å². The Morgan fingerprint density at radius 1 is 1.20 bits per heavy atom. The summed E-state index contributed by atoms with van der Waals surface area (Å²) in [6, 6.07) is 12.5. The van der Waals surface area contributed by atoms with Crippen molar-refractivity contribution >= 4 is 0 Å². The Balaban J connectivity index is 2.33. The van der Waals surface area contributed by atoms with Gasteiger partial charge in [-0.1, -0.05) is 30.3 Å². The molecule has 0 aromatic heterocycles. The van der Waals surface area contributed by atoms with Crippen LogP contribution in [0.15, 0.2) is 30.3 Å². The van der Waals surface area contributed by atoms with Gasteiger partial charge in [-0.2, -0.15) is 5.26 Å². The van der Waals surface area contributed by atoms with Crippen molar-refractivity contribution in [2.24, 2.45) is 0 Å². The maximum Gasteiger partial charge on any atom is 0.131 e. The molecule has 2 heteroatoms. The van der Waals surface area contributed by atoms with Gasteiger partial charge in [0.15, 0.2) is 0 Å². The van der Waals surface area contributed by atoms with Gasteiger partial charge in [0.05, 0.1) is 6.07 Å². The van der Waals surface area contributed by atoms with Crippen LogP contribution in [0.1, 0.15) is 25.3 Å². The first kappa shape index (κ1) is 10.2. The summed E-state index contributed by atoms with van der Waals surface area (Å²) in [5, 5.41) is 9.41. The average Bonchev–Trinajstić information content (AvgIpc) is 2.83. The van der Waals surface area contributed by atoms with Crippen molar-refractivity contribution in [2.75, 3.05) is 13.1 Å². The second-order valence-electron chi connectivity index (χ2n) is 4.24. The topological polar surface area (TPSA) is 27.0 Å². The van der Waals surface area contributed by atoms with E-state index in [-0.39, 0.29) is 0 Å². The van der Waals surface area contributed by atoms with Crippen molar-refractivity contribution in [1.29, 1.82) is 5.26 Å². The molecule has 2 rings (SSSR count). The second kappa shape index (κ2) is 4.04. The molecule has 1 heterocycles. The molecular formula is C13H16N2. The molecule has 1 aromatic carbocycles. The first-order valence-corrected chi connectivity index (χ1v) is 5.49. The van der Waals surface area contributed by atoms with Gasteiger partial charge in [-0.15, -0.1) is 0 Å². The summed E-state index contributed by atoms with van der Waals surface area (Å²) in [6.07, 6.45) is 2.42. The first-order valence-electron chi connectivity index (χ1n) is 5.49. The predicted molar refractivity (Wildman–Crippen MR) is 60.2 cm³/mol. The Kier molecular flexibility index (Phi) is 2.75. The Morgan fingerprint density at radius 3 is 2.33 bits per heavy atom. The van der Waals surface area contributed by atoms with E-state index in [1.54, 1.807) is 0 Å². The molecule has 0 saturated carbocycles. The molecule has 1 saturated heterocycles. The van der Waals surface area contributed by atoms with Crippen molar-refractivity contribution < 1.29 is 0 Å². The lowest BCUT2D eigenvalue weighted by Crippen LogP contribution is -2.40. The van der Waals surface area contributed by atoms with Crippen molar-refractivity contribution in [3.63, 3.8) is 0 Å². The standard InChI is InChI=1S/C13H16N2/c1-13(11-14,15-9-5-6-10-15)12-7-3-2-4-8-12/h2-4,7-8H,5-6,9-10H2,1H3. The molecule has 0 N–H and O–H groups in total. The maximum atomic E-state index is 9.41. The third kappa shape index (κ3) is 1.75. The third-order valence-corrected chi connectivity index (χ3v) is 3.29. The molecule has 1 aliphatic heterocycles. The first-order chi connectivity index (χ1) is 7.27. The van der Waals surface area contributed by atoms with Crippen LogP contribution in [0, 0.1) is 11.3 Å². The van der Waals surface area contributed by atoms with E-state index in [4.69, 9.17) is 0 Å². The summed E-state index contributed by atoms with van der Waals surface area (Å²) < 4.78 is 0. The summed E-state index contributed by atoms with van der Waals surface area (Å²) in [7, 11) is 0. The van der Waals surface area contributed by atoms with E-state index in [9.17, 15) is 5.26 Å². The van der Waals surface area contributed by atoms with Crippen molar-refractivity contribution in [2.45, 2.75) is 25.3 Å². The number of benzene rings is 1. The third-order valence-electron chi connectivity index (χ3n) is 3.29. The van der Waals surface area contributed by atoms with E-state index in [1.807, 2.05) is 37.3 Å². The normalized spacial score (nSPS) is 20.8. The number of likely N-dealkylation sites (tertiary alicyclic amines) is 1. The molecule has 1 atom stereocenters. The number of rotatable bonds is 2. The summed E-state index contributed by atoms with van der Waals surface area (Å²) in [5.74, 6) is 0. The molecule has 15 heavy (non-hydrogen) atoms. The van der Waals surface area contributed by atoms with Crippen LogP contribution in [0.25, 0.3) is 0 Å². The van der Waals surface area contributed by atoms with Crippen molar-refractivity contribution in [1.82, 2.24) is 4.90 Å². The summed E-state index contributed by atoms with van der Waals surface area (Å²) >= 11 is 0. The highest BCUT2D eigenvalue weighted by Gasteiger charge is 2.35. The molecule has 78 valence electrons. The molecule has 1 unspecified atom stereocenters. The van der Waals surface area contributed by atoms with E-state index in [0.29, 0.717) is 0 Å². The zero-order valence-corrected chi connectivity index (χ0v) is 9.11. The number of nitriles is 1. The van der Waals surface area contributed by atoms with Gasteiger partial charge >= 0.3 is 0 Å². The molecule has 0 radical (unpaired) electrons. The van der Waals surface area contributed by atoms with Crippen LogP contribution in [0.5, 0.6) is 0 Å². The highest BCUT2D eigenvalue weighted by atomic mass is 15.2. The molecule has 0 aliphatic carbocycles. The van der Waals surface area contributed by atoms with Gasteiger partial charge in [-0.3, -0.25) is 4.90 Å². The van der Waals surface area contributed by atoms with Crippen LogP contribution >= 0.6 is 0 Å². The van der Waals surface area contributed by atoms with Gasteiger partial charge in [-0.05, 0) is 38.4 Å². The zero-order chi connectivity index (χ0) is 10.7. The van der Waals surface area contributed by atoms with Crippen LogP contribution in [0.2, 0.25) is 0 Å². The van der Waals surface area contributed by atoms with Crippen molar-refractivity contribution in [3.05, 3.63) is 35.9 Å². The smallest absolute Gasteiger partial charge is 0.131 e. The SMILES string of the molecule is CC(C#N)(c1ccccc1)N1CCCC1. The maximum absolute atomic E-state index is 9.41. The minimum absolute atomic E-state index is 0.447. The lowest BCUT2D eigenvalue weighted by molar-refractivity contribution is 0.193. The van der Waals surface area contributed by atoms with Gasteiger partial charge in [0, 0.05) is 0 Å². The summed E-state index contributed by atoms with van der Waals surface area (Å²) in [6.45, 7) is 4.10. The Labute approximate surface area is 91.1 Å². The van der Waals surface area contributed by atoms with Gasteiger partial charge < -0.3 is 0 Å². The molecule has 1 aliphatic rings. The average molecular weight is 200 g/mol. The van der Waals surface area contributed by atoms with Crippen LogP contribution < -0.4 is 0 Å². The van der Waals surface area contributed by atoms with Gasteiger partial charge in [0.25, 0.3) is 0 Å². The fourth-order valence-corrected chi connectivity index (χ4v) is 2.24. The number of hydrogen-bond acceptors (Lipinski definition) is 2. The zero-order valence-electron chi connectivity index (χ0n) is 9.11. The van der Waals surface area contributed by atoms with E-state index in [0.717, 1.165) is 18.7 Å². The van der Waals surface area contributed by atoms with Gasteiger partial charge in [0.2, 0.25) is 0 Å². The molecule has 1 aromatic rings. The van der Waals surface area contributed by atoms with Crippen LogP contribution in [-0.4, -0.2) is 18.0 Å². The molecule has 1 fully saturated rings. The van der Waals surface area contributed by atoms with Gasteiger partial charge in [0.1, 0.15) is 5.54 Å². The van der Waals surface area contributed by atoms with Crippen LogP contribution in [0.3, 0.4) is 0 Å². The Bertz CT molecular complexity index is 360. The highest BCUT2D eigenvalue weighted by Crippen LogP contribution is 2.30. The molecule has 0 bridgehead atoms. The molecule has 0 spiro atoms. The van der Waals surface area contributed by atoms with E-state index in [1.165, 1.54) is 12.8 Å². The fraction of sp³-hybridized carbons (Fsp3) is 0.462. The largest absolute Gasteiger partial charge is 0.282 e. The molecule has 0 amide bonds. The van der Waals surface area contributed by atoms with Crippen LogP contribution in [-0.2, 0) is 5.54 Å². The summed E-state index contributed by atoms with van der Waals surface area (Å²) in [4.78, 5) is 2.28. The molecule has 2 nitrogen and oxygen atoms in total. The Hall–Kier alpha value is -1.33. The summed E-state index contributed by atoms with van der Waals surface area (Å²) in [5.41, 5.74) is 0.659. The second-order valence-corrected chi connectivity index (χ2v) is 4.24. The van der Waals surface area contributed by atoms with Crippen LogP contribution in [0.4, 0.5) is 0 Å². The predicted octanol–water partition coefficient (Wildman–Crippen LogP) is 2.52.